The van der Waals surface area contributed by atoms with Crippen molar-refractivity contribution in [2.75, 3.05) is 0 Å². The first-order valence-electron chi connectivity index (χ1n) is 3.13. The van der Waals surface area contributed by atoms with Crippen LogP contribution in [0.3, 0.4) is 0 Å². The van der Waals surface area contributed by atoms with Gasteiger partial charge in [0.15, 0.2) is 0 Å². The average molecular weight is 293 g/mol. The molecule has 0 aromatic heterocycles. The molecule has 4 heteroatoms. The smallest absolute Gasteiger partial charge is 0.123 e. The lowest BCUT2D eigenvalue weighted by molar-refractivity contribution is 0.626. The maximum atomic E-state index is 12.7. The second kappa shape index (κ2) is 4.01. The number of rotatable bonds is 1. The molecule has 0 unspecified atom stereocenters. The quantitative estimate of drug-likeness (QED) is 0.727. The predicted octanol–water partition coefficient (Wildman–Crippen LogP) is 3.49. The number of alkyl halides is 2. The zero-order valence-corrected chi connectivity index (χ0v) is 9.06. The van der Waals surface area contributed by atoms with E-state index < -0.39 is 0 Å². The summed E-state index contributed by atoms with van der Waals surface area (Å²) in [6, 6.07) is 6.03. The third kappa shape index (κ3) is 2.05. The summed E-state index contributed by atoms with van der Waals surface area (Å²) in [7, 11) is 0. The van der Waals surface area contributed by atoms with Gasteiger partial charge in [-0.1, -0.05) is 31.9 Å². The molecular formula is C8H4Br2FN. The number of hydrogen-bond donors (Lipinski definition) is 0. The topological polar surface area (TPSA) is 23.8 Å². The van der Waals surface area contributed by atoms with Crippen LogP contribution in [0.1, 0.15) is 14.9 Å². The van der Waals surface area contributed by atoms with Crippen LogP contribution in [-0.2, 0) is 0 Å². The Hall–Kier alpha value is -0.400. The van der Waals surface area contributed by atoms with Crippen molar-refractivity contribution in [1.29, 1.82) is 5.26 Å². The fraction of sp³-hybridized carbons (Fsp3) is 0.125. The third-order valence-electron chi connectivity index (χ3n) is 1.37. The van der Waals surface area contributed by atoms with Gasteiger partial charge in [0.25, 0.3) is 0 Å². The lowest BCUT2D eigenvalue weighted by atomic mass is 10.1. The van der Waals surface area contributed by atoms with E-state index in [1.54, 1.807) is 0 Å². The first-order valence-corrected chi connectivity index (χ1v) is 4.96. The molecule has 0 amide bonds. The molecule has 1 rings (SSSR count). The normalized spacial score (nSPS) is 9.92. The Morgan fingerprint density at radius 3 is 2.58 bits per heavy atom. The highest BCUT2D eigenvalue weighted by Gasteiger charge is 2.09. The van der Waals surface area contributed by atoms with Crippen LogP contribution in [0.5, 0.6) is 0 Å². The highest BCUT2D eigenvalue weighted by molar-refractivity contribution is 9.24. The van der Waals surface area contributed by atoms with Crippen LogP contribution in [0.15, 0.2) is 18.2 Å². The minimum absolute atomic E-state index is 0.185. The van der Waals surface area contributed by atoms with Gasteiger partial charge in [0, 0.05) is 0 Å². The van der Waals surface area contributed by atoms with E-state index in [9.17, 15) is 4.39 Å². The summed E-state index contributed by atoms with van der Waals surface area (Å²) in [6.45, 7) is 0. The van der Waals surface area contributed by atoms with Gasteiger partial charge in [0.05, 0.1) is 15.4 Å². The Morgan fingerprint density at radius 1 is 1.42 bits per heavy atom. The first kappa shape index (κ1) is 9.69. The van der Waals surface area contributed by atoms with E-state index in [1.165, 1.54) is 18.2 Å². The van der Waals surface area contributed by atoms with E-state index in [2.05, 4.69) is 31.9 Å². The number of hydrogen-bond acceptors (Lipinski definition) is 1. The summed E-state index contributed by atoms with van der Waals surface area (Å²) in [5.41, 5.74) is 1.08. The van der Waals surface area contributed by atoms with Gasteiger partial charge in [-0.15, -0.1) is 0 Å². The van der Waals surface area contributed by atoms with Crippen LogP contribution in [0.2, 0.25) is 0 Å². The van der Waals surface area contributed by atoms with Gasteiger partial charge in [0.2, 0.25) is 0 Å². The van der Waals surface area contributed by atoms with Crippen molar-refractivity contribution in [3.05, 3.63) is 35.1 Å². The molecule has 1 aromatic rings. The molecule has 0 aliphatic heterocycles. The van der Waals surface area contributed by atoms with Gasteiger partial charge in [-0.05, 0) is 23.8 Å². The Labute approximate surface area is 86.5 Å². The van der Waals surface area contributed by atoms with Crippen LogP contribution in [-0.4, -0.2) is 0 Å². The summed E-state index contributed by atoms with van der Waals surface area (Å²) in [5.74, 6) is -0.340. The van der Waals surface area contributed by atoms with E-state index in [0.29, 0.717) is 11.1 Å². The minimum Gasteiger partial charge on any atom is -0.207 e. The summed E-state index contributed by atoms with van der Waals surface area (Å²) in [6.07, 6.45) is 0. The number of halogens is 3. The van der Waals surface area contributed by atoms with Crippen molar-refractivity contribution in [2.24, 2.45) is 0 Å². The van der Waals surface area contributed by atoms with Crippen LogP contribution in [0, 0.1) is 17.1 Å². The summed E-state index contributed by atoms with van der Waals surface area (Å²) >= 11 is 6.41. The summed E-state index contributed by atoms with van der Waals surface area (Å²) < 4.78 is 12.5. The molecule has 0 spiro atoms. The maximum absolute atomic E-state index is 12.7. The van der Waals surface area contributed by atoms with Crippen molar-refractivity contribution in [3.8, 4) is 6.07 Å². The van der Waals surface area contributed by atoms with Crippen LogP contribution in [0.4, 0.5) is 4.39 Å². The average Bonchev–Trinajstić information content (AvgIpc) is 2.04. The van der Waals surface area contributed by atoms with E-state index >= 15 is 0 Å². The second-order valence-corrected chi connectivity index (χ2v) is 5.20. The molecule has 0 saturated heterocycles. The Bertz CT molecular complexity index is 330. The van der Waals surface area contributed by atoms with E-state index in [4.69, 9.17) is 5.26 Å². The SMILES string of the molecule is N#Cc1ccc(F)cc1C(Br)Br. The fourth-order valence-corrected chi connectivity index (χ4v) is 1.57. The van der Waals surface area contributed by atoms with Gasteiger partial charge < -0.3 is 0 Å². The molecule has 0 aliphatic rings. The second-order valence-electron chi connectivity index (χ2n) is 2.14. The fourth-order valence-electron chi connectivity index (χ4n) is 0.816. The first-order chi connectivity index (χ1) is 5.65. The Morgan fingerprint density at radius 2 is 2.08 bits per heavy atom. The highest BCUT2D eigenvalue weighted by atomic mass is 79.9. The number of nitrogens with zero attached hydrogens (tertiary/aromatic N) is 1. The van der Waals surface area contributed by atoms with Gasteiger partial charge >= 0.3 is 0 Å². The van der Waals surface area contributed by atoms with Crippen molar-refractivity contribution in [2.45, 2.75) is 3.74 Å². The van der Waals surface area contributed by atoms with Crippen LogP contribution in [0.25, 0.3) is 0 Å². The lowest BCUT2D eigenvalue weighted by Gasteiger charge is -2.03. The van der Waals surface area contributed by atoms with Gasteiger partial charge in [0.1, 0.15) is 5.82 Å². The molecule has 1 aromatic carbocycles. The molecular weight excluding hydrogens is 289 g/mol. The molecule has 0 atom stereocenters. The predicted molar refractivity (Wildman–Crippen MR) is 51.7 cm³/mol. The van der Waals surface area contributed by atoms with Crippen molar-refractivity contribution >= 4 is 31.9 Å². The van der Waals surface area contributed by atoms with E-state index in [0.717, 1.165) is 0 Å². The molecule has 62 valence electrons. The van der Waals surface area contributed by atoms with Crippen LogP contribution >= 0.6 is 31.9 Å². The molecule has 0 heterocycles. The summed E-state index contributed by atoms with van der Waals surface area (Å²) in [5, 5.41) is 8.64. The molecule has 1 nitrogen and oxygen atoms in total. The minimum atomic E-state index is -0.340. The molecule has 0 aliphatic carbocycles. The van der Waals surface area contributed by atoms with Gasteiger partial charge in [-0.25, -0.2) is 4.39 Å². The molecule has 0 saturated carbocycles. The highest BCUT2D eigenvalue weighted by Crippen LogP contribution is 2.31. The van der Waals surface area contributed by atoms with Gasteiger partial charge in [-0.3, -0.25) is 0 Å². The Kier molecular flexibility index (Phi) is 3.24. The standard InChI is InChI=1S/C8H4Br2FN/c9-8(10)7-3-6(11)2-1-5(7)4-12/h1-3,8H. The molecule has 0 radical (unpaired) electrons. The monoisotopic (exact) mass is 291 g/mol. The zero-order valence-electron chi connectivity index (χ0n) is 5.89. The molecule has 12 heavy (non-hydrogen) atoms. The summed E-state index contributed by atoms with van der Waals surface area (Å²) in [4.78, 5) is 0. The molecule has 0 fully saturated rings. The van der Waals surface area contributed by atoms with Gasteiger partial charge in [-0.2, -0.15) is 5.26 Å². The Balaban J connectivity index is 3.24. The largest absolute Gasteiger partial charge is 0.207 e. The van der Waals surface area contributed by atoms with Crippen molar-refractivity contribution in [1.82, 2.24) is 0 Å². The van der Waals surface area contributed by atoms with Crippen LogP contribution < -0.4 is 0 Å². The number of benzene rings is 1. The third-order valence-corrected chi connectivity index (χ3v) is 2.36. The van der Waals surface area contributed by atoms with Crippen molar-refractivity contribution in [3.63, 3.8) is 0 Å². The van der Waals surface area contributed by atoms with E-state index in [1.807, 2.05) is 6.07 Å². The number of nitriles is 1. The van der Waals surface area contributed by atoms with Crippen molar-refractivity contribution < 1.29 is 4.39 Å². The maximum Gasteiger partial charge on any atom is 0.123 e. The lowest BCUT2D eigenvalue weighted by Crippen LogP contribution is -1.89. The molecule has 0 N–H and O–H groups in total. The molecule has 0 bridgehead atoms. The zero-order chi connectivity index (χ0) is 9.14. The van der Waals surface area contributed by atoms with E-state index in [-0.39, 0.29) is 9.55 Å².